The van der Waals surface area contributed by atoms with Gasteiger partial charge in [0.2, 0.25) is 0 Å². The molecule has 0 heterocycles. The first-order valence-electron chi connectivity index (χ1n) is 14.1. The molecule has 206 valence electrons. The van der Waals surface area contributed by atoms with Gasteiger partial charge in [-0.15, -0.1) is 0 Å². The maximum atomic E-state index is 12.2. The summed E-state index contributed by atoms with van der Waals surface area (Å²) in [7, 11) is -0.492. The Morgan fingerprint density at radius 1 is 0.657 bits per heavy atom. The number of rotatable bonds is 27. The van der Waals surface area contributed by atoms with Gasteiger partial charge in [-0.3, -0.25) is 14.1 Å². The van der Waals surface area contributed by atoms with Crippen LogP contribution in [-0.4, -0.2) is 37.8 Å². The fourth-order valence-corrected chi connectivity index (χ4v) is 4.19. The molecular formula is C27H52NO6P. The molecule has 0 spiro atoms. The van der Waals surface area contributed by atoms with E-state index >= 15 is 0 Å². The van der Waals surface area contributed by atoms with Gasteiger partial charge in [0.15, 0.2) is 6.10 Å². The van der Waals surface area contributed by atoms with Crippen molar-refractivity contribution in [2.24, 2.45) is 5.73 Å². The van der Waals surface area contributed by atoms with E-state index < -0.39 is 14.8 Å². The molecule has 0 fully saturated rings. The zero-order valence-electron chi connectivity index (χ0n) is 22.3. The highest BCUT2D eigenvalue weighted by Gasteiger charge is 2.17. The molecule has 0 aliphatic rings. The van der Waals surface area contributed by atoms with Crippen molar-refractivity contribution in [2.75, 3.05) is 19.8 Å². The first-order valence-corrected chi connectivity index (χ1v) is 14.9. The van der Waals surface area contributed by atoms with Gasteiger partial charge in [-0.25, -0.2) is 4.57 Å². The number of hydrogen-bond acceptors (Lipinski definition) is 7. The van der Waals surface area contributed by atoms with Gasteiger partial charge < -0.3 is 15.2 Å². The number of hydrogen-bond donors (Lipinski definition) is 1. The van der Waals surface area contributed by atoms with Gasteiger partial charge in [-0.1, -0.05) is 103 Å². The van der Waals surface area contributed by atoms with Crippen LogP contribution in [0.5, 0.6) is 0 Å². The topological polar surface area (TPSA) is 105 Å². The molecule has 0 aliphatic heterocycles. The van der Waals surface area contributed by atoms with Crippen molar-refractivity contribution in [1.29, 1.82) is 0 Å². The van der Waals surface area contributed by atoms with Gasteiger partial charge in [0, 0.05) is 12.8 Å². The fraction of sp³-hybridized carbons (Fsp3) is 0.926. The van der Waals surface area contributed by atoms with E-state index in [1.807, 2.05) is 0 Å². The monoisotopic (exact) mass is 517 g/mol. The Bertz CT molecular complexity index is 506. The highest BCUT2D eigenvalue weighted by molar-refractivity contribution is 7.17. The average molecular weight is 518 g/mol. The third-order valence-corrected chi connectivity index (χ3v) is 6.37. The minimum Gasteiger partial charge on any atom is -0.462 e. The van der Waals surface area contributed by atoms with E-state index in [2.05, 4.69) is 6.92 Å². The second-order valence-corrected chi connectivity index (χ2v) is 9.87. The Morgan fingerprint density at radius 2 is 1.11 bits per heavy atom. The van der Waals surface area contributed by atoms with E-state index in [9.17, 15) is 14.2 Å². The fourth-order valence-electron chi connectivity index (χ4n) is 3.96. The van der Waals surface area contributed by atoms with Gasteiger partial charge in [0.05, 0.1) is 0 Å². The molecule has 8 heteroatoms. The molecule has 0 aromatic heterocycles. The lowest BCUT2D eigenvalue weighted by atomic mass is 10.0. The summed E-state index contributed by atoms with van der Waals surface area (Å²) in [5.41, 5.74) is 5.47. The van der Waals surface area contributed by atoms with Crippen molar-refractivity contribution in [3.63, 3.8) is 0 Å². The average Bonchev–Trinajstić information content (AvgIpc) is 2.85. The van der Waals surface area contributed by atoms with Crippen molar-refractivity contribution in [3.8, 4) is 0 Å². The number of esters is 2. The summed E-state index contributed by atoms with van der Waals surface area (Å²) in [4.78, 5) is 24.1. The predicted octanol–water partition coefficient (Wildman–Crippen LogP) is 7.45. The normalized spacial score (nSPS) is 12.1. The Kier molecular flexibility index (Phi) is 26.7. The lowest BCUT2D eigenvalue weighted by Crippen LogP contribution is -2.28. The summed E-state index contributed by atoms with van der Waals surface area (Å²) in [6.45, 7) is 2.81. The molecule has 0 saturated heterocycles. The van der Waals surface area contributed by atoms with Gasteiger partial charge in [-0.05, 0) is 25.8 Å². The quantitative estimate of drug-likeness (QED) is 0.0685. The maximum absolute atomic E-state index is 12.2. The molecular weight excluding hydrogens is 465 g/mol. The van der Waals surface area contributed by atoms with Crippen molar-refractivity contribution in [3.05, 3.63) is 0 Å². The zero-order chi connectivity index (χ0) is 25.8. The number of nitrogens with two attached hydrogens (primary N) is 1. The van der Waals surface area contributed by atoms with Crippen LogP contribution in [0.2, 0.25) is 0 Å². The Morgan fingerprint density at radius 3 is 1.60 bits per heavy atom. The second kappa shape index (κ2) is 27.5. The summed E-state index contributed by atoms with van der Waals surface area (Å²) < 4.78 is 26.0. The van der Waals surface area contributed by atoms with Gasteiger partial charge >= 0.3 is 20.6 Å². The summed E-state index contributed by atoms with van der Waals surface area (Å²) >= 11 is 0. The number of ether oxygens (including phenoxy) is 2. The lowest BCUT2D eigenvalue weighted by molar-refractivity contribution is -0.160. The third-order valence-electron chi connectivity index (χ3n) is 6.11. The van der Waals surface area contributed by atoms with E-state index in [1.165, 1.54) is 64.2 Å². The minimum atomic E-state index is -0.737. The van der Waals surface area contributed by atoms with Gasteiger partial charge in [-0.2, -0.15) is 0 Å². The van der Waals surface area contributed by atoms with Crippen molar-refractivity contribution in [1.82, 2.24) is 0 Å². The molecule has 0 rings (SSSR count). The van der Waals surface area contributed by atoms with Gasteiger partial charge in [0.1, 0.15) is 13.2 Å². The van der Waals surface area contributed by atoms with Crippen LogP contribution in [0.3, 0.4) is 0 Å². The Balaban J connectivity index is 3.78. The van der Waals surface area contributed by atoms with Crippen LogP contribution < -0.4 is 5.73 Å². The number of unbranched alkanes of at least 4 members (excludes halogenated alkanes) is 16. The highest BCUT2D eigenvalue weighted by atomic mass is 31.1. The molecule has 0 aromatic carbocycles. The first-order chi connectivity index (χ1) is 17.1. The number of carbonyl (C=O) groups excluding carboxylic acids is 2. The molecule has 0 saturated carbocycles. The molecule has 7 nitrogen and oxygen atoms in total. The molecule has 1 atom stereocenters. The summed E-state index contributed by atoms with van der Waals surface area (Å²) in [5.74, 6) is -0.652. The van der Waals surface area contributed by atoms with Crippen LogP contribution in [0.1, 0.15) is 135 Å². The SMILES string of the molecule is CCCCCCCCCCCCCCCC(=O)O[C@@H](COP=O)COC(=O)CCCCCCCN. The van der Waals surface area contributed by atoms with E-state index in [1.54, 1.807) is 0 Å². The van der Waals surface area contributed by atoms with Gasteiger partial charge in [0.25, 0.3) is 0 Å². The minimum absolute atomic E-state index is 0.0677. The largest absolute Gasteiger partial charge is 0.462 e. The Labute approximate surface area is 215 Å². The van der Waals surface area contributed by atoms with Crippen LogP contribution in [0, 0.1) is 0 Å². The molecule has 0 unspecified atom stereocenters. The standard InChI is InChI=1S/C27H52NO6P/c1-2-3-4-5-6-7-8-9-10-11-12-14-18-21-27(30)34-25(24-33-35-31)23-32-26(29)20-17-15-13-16-19-22-28/h25H,2-24,28H2,1H3/t25-/m1/s1. The summed E-state index contributed by atoms with van der Waals surface area (Å²) in [6, 6.07) is 0. The third kappa shape index (κ3) is 25.8. The smallest absolute Gasteiger partial charge is 0.327 e. The van der Waals surface area contributed by atoms with E-state index in [-0.39, 0.29) is 25.2 Å². The lowest BCUT2D eigenvalue weighted by Gasteiger charge is -2.16. The zero-order valence-corrected chi connectivity index (χ0v) is 23.2. The molecule has 0 aromatic rings. The molecule has 2 N–H and O–H groups in total. The molecule has 0 bridgehead atoms. The van der Waals surface area contributed by atoms with Crippen LogP contribution in [0.25, 0.3) is 0 Å². The van der Waals surface area contributed by atoms with Crippen LogP contribution >= 0.6 is 8.69 Å². The highest BCUT2D eigenvalue weighted by Crippen LogP contribution is 2.14. The molecule has 0 aliphatic carbocycles. The van der Waals surface area contributed by atoms with E-state index in [4.69, 9.17) is 19.7 Å². The maximum Gasteiger partial charge on any atom is 0.327 e. The molecule has 0 amide bonds. The van der Waals surface area contributed by atoms with Crippen LogP contribution in [-0.2, 0) is 28.2 Å². The molecule has 35 heavy (non-hydrogen) atoms. The second-order valence-electron chi connectivity index (χ2n) is 9.46. The number of carbonyl (C=O) groups is 2. The summed E-state index contributed by atoms with van der Waals surface area (Å²) in [5, 5.41) is 0. The van der Waals surface area contributed by atoms with E-state index in [0.29, 0.717) is 19.4 Å². The Hall–Kier alpha value is -1.04. The predicted molar refractivity (Wildman–Crippen MR) is 141 cm³/mol. The van der Waals surface area contributed by atoms with Crippen LogP contribution in [0.4, 0.5) is 0 Å². The van der Waals surface area contributed by atoms with Crippen LogP contribution in [0.15, 0.2) is 0 Å². The van der Waals surface area contributed by atoms with E-state index in [0.717, 1.165) is 51.4 Å². The summed E-state index contributed by atoms with van der Waals surface area (Å²) in [6.07, 6.45) is 21.0. The van der Waals surface area contributed by atoms with Crippen molar-refractivity contribution >= 4 is 20.6 Å². The molecule has 0 radical (unpaired) electrons. The van der Waals surface area contributed by atoms with Crippen molar-refractivity contribution < 1.29 is 28.2 Å². The van der Waals surface area contributed by atoms with Crippen molar-refractivity contribution in [2.45, 2.75) is 141 Å². The first kappa shape index (κ1) is 34.0.